The number of benzene rings is 3. The van der Waals surface area contributed by atoms with Crippen molar-refractivity contribution < 1.29 is 38.7 Å². The predicted molar refractivity (Wildman–Crippen MR) is 159 cm³/mol. The van der Waals surface area contributed by atoms with Crippen molar-refractivity contribution in [3.8, 4) is 0 Å². The Morgan fingerprint density at radius 3 is 1.83 bits per heavy atom. The van der Waals surface area contributed by atoms with Crippen LogP contribution in [-0.2, 0) is 48.4 Å². The van der Waals surface area contributed by atoms with Crippen molar-refractivity contribution >= 4 is 23.6 Å². The monoisotopic (exact) mass is 595 g/mol. The molecular weight excluding hydrogens is 558 g/mol. The average molecular weight is 596 g/mol. The summed E-state index contributed by atoms with van der Waals surface area (Å²) in [6, 6.07) is 27.9. The summed E-state index contributed by atoms with van der Waals surface area (Å²) in [5.74, 6) is -1.65. The van der Waals surface area contributed by atoms with Crippen molar-refractivity contribution in [3.05, 3.63) is 108 Å². The zero-order chi connectivity index (χ0) is 29.7. The van der Waals surface area contributed by atoms with Gasteiger partial charge in [-0.3, -0.25) is 4.79 Å². The first-order valence-corrected chi connectivity index (χ1v) is 14.8. The number of aliphatic hydroxyl groups excluding tert-OH is 1. The fraction of sp³-hybridized carbons (Fsp3) is 0.375. The highest BCUT2D eigenvalue weighted by Gasteiger charge is 2.47. The minimum Gasteiger partial charge on any atom is -0.480 e. The van der Waals surface area contributed by atoms with E-state index < -0.39 is 47.8 Å². The second-order valence-corrected chi connectivity index (χ2v) is 11.1. The maximum atomic E-state index is 11.7. The zero-order valence-electron chi connectivity index (χ0n) is 23.4. The molecule has 224 valence electrons. The Labute approximate surface area is 250 Å². The highest BCUT2D eigenvalue weighted by molar-refractivity contribution is 7.99. The van der Waals surface area contributed by atoms with Gasteiger partial charge in [-0.1, -0.05) is 91.0 Å². The van der Waals surface area contributed by atoms with Gasteiger partial charge in [0.05, 0.1) is 26.4 Å². The Morgan fingerprint density at radius 2 is 1.33 bits per heavy atom. The predicted octanol–water partition coefficient (Wildman–Crippen LogP) is 3.78. The molecule has 9 nitrogen and oxygen atoms in total. The van der Waals surface area contributed by atoms with Gasteiger partial charge in [0.15, 0.2) is 0 Å². The SMILES string of the molecule is CC(=O)N[C@@H](CS[C@@H]1O[C@H](COCc2ccccc2)[C@@H](OCc2ccccc2)[C@H](OCc2ccccc2)[C@H]1O)C(=O)O. The molecule has 3 aromatic carbocycles. The molecule has 6 atom stereocenters. The van der Waals surface area contributed by atoms with Crippen LogP contribution >= 0.6 is 11.8 Å². The highest BCUT2D eigenvalue weighted by atomic mass is 32.2. The summed E-state index contributed by atoms with van der Waals surface area (Å²) >= 11 is 1.10. The summed E-state index contributed by atoms with van der Waals surface area (Å²) in [7, 11) is 0. The molecule has 3 N–H and O–H groups in total. The fourth-order valence-corrected chi connectivity index (χ4v) is 5.75. The van der Waals surface area contributed by atoms with Gasteiger partial charge in [-0.2, -0.15) is 0 Å². The topological polar surface area (TPSA) is 124 Å². The molecule has 0 spiro atoms. The Hall–Kier alpha value is -3.25. The lowest BCUT2D eigenvalue weighted by Crippen LogP contribution is -2.60. The van der Waals surface area contributed by atoms with E-state index in [1.165, 1.54) is 6.92 Å². The molecular formula is C32H37NO8S. The van der Waals surface area contributed by atoms with Crippen LogP contribution in [0.4, 0.5) is 0 Å². The number of ether oxygens (including phenoxy) is 4. The number of amides is 1. The summed E-state index contributed by atoms with van der Waals surface area (Å²) in [5.41, 5.74) is 2.02. The lowest BCUT2D eigenvalue weighted by atomic mass is 9.99. The molecule has 0 bridgehead atoms. The first-order valence-electron chi connectivity index (χ1n) is 13.8. The van der Waals surface area contributed by atoms with Crippen LogP contribution in [0.25, 0.3) is 0 Å². The van der Waals surface area contributed by atoms with E-state index >= 15 is 0 Å². The third kappa shape index (κ3) is 9.65. The molecule has 0 unspecified atom stereocenters. The lowest BCUT2D eigenvalue weighted by molar-refractivity contribution is -0.243. The molecule has 0 aliphatic carbocycles. The Kier molecular flexibility index (Phi) is 12.4. The number of carboxylic acid groups (broad SMARTS) is 1. The number of aliphatic carboxylic acids is 1. The maximum Gasteiger partial charge on any atom is 0.327 e. The normalized spacial score (nSPS) is 22.8. The average Bonchev–Trinajstić information content (AvgIpc) is 3.00. The number of rotatable bonds is 15. The molecule has 1 heterocycles. The number of carbonyl (C=O) groups is 2. The van der Waals surface area contributed by atoms with Crippen LogP contribution in [-0.4, -0.2) is 70.3 Å². The first kappa shape index (κ1) is 31.7. The number of thioether (sulfide) groups is 1. The lowest BCUT2D eigenvalue weighted by Gasteiger charge is -2.44. The molecule has 4 rings (SSSR count). The summed E-state index contributed by atoms with van der Waals surface area (Å²) in [6.07, 6.45) is -3.29. The van der Waals surface area contributed by atoms with Crippen LogP contribution in [0.5, 0.6) is 0 Å². The third-order valence-electron chi connectivity index (χ3n) is 6.68. The molecule has 1 aliphatic rings. The van der Waals surface area contributed by atoms with Gasteiger partial charge < -0.3 is 34.5 Å². The summed E-state index contributed by atoms with van der Waals surface area (Å²) in [5, 5.41) is 23.5. The number of carbonyl (C=O) groups excluding carboxylic acids is 1. The van der Waals surface area contributed by atoms with Crippen LogP contribution < -0.4 is 5.32 Å². The Balaban J connectivity index is 1.54. The van der Waals surface area contributed by atoms with Gasteiger partial charge in [0, 0.05) is 12.7 Å². The van der Waals surface area contributed by atoms with Gasteiger partial charge in [0.1, 0.15) is 35.9 Å². The van der Waals surface area contributed by atoms with Gasteiger partial charge >= 0.3 is 5.97 Å². The summed E-state index contributed by atoms with van der Waals surface area (Å²) in [6.45, 7) is 2.26. The highest BCUT2D eigenvalue weighted by Crippen LogP contribution is 2.33. The molecule has 0 radical (unpaired) electrons. The van der Waals surface area contributed by atoms with Gasteiger partial charge in [-0.05, 0) is 16.7 Å². The van der Waals surface area contributed by atoms with E-state index in [-0.39, 0.29) is 25.6 Å². The number of hydrogen-bond donors (Lipinski definition) is 3. The van der Waals surface area contributed by atoms with E-state index in [0.717, 1.165) is 28.5 Å². The standard InChI is InChI=1S/C32H37NO8S/c1-22(34)33-26(31(36)37)21-42-32-28(35)30(40-19-25-15-9-4-10-16-25)29(39-18-24-13-7-3-8-14-24)27(41-32)20-38-17-23-11-5-2-6-12-23/h2-16,26-30,32,35H,17-21H2,1H3,(H,33,34)(H,36,37)/t26-,27+,28+,29+,30+,32-/m0/s1. The van der Waals surface area contributed by atoms with E-state index in [0.29, 0.717) is 6.61 Å². The zero-order valence-corrected chi connectivity index (χ0v) is 24.2. The number of nitrogens with one attached hydrogen (secondary N) is 1. The van der Waals surface area contributed by atoms with Crippen molar-refractivity contribution in [1.29, 1.82) is 0 Å². The molecule has 1 fully saturated rings. The van der Waals surface area contributed by atoms with Crippen LogP contribution in [0.2, 0.25) is 0 Å². The number of aliphatic hydroxyl groups is 1. The van der Waals surface area contributed by atoms with Gasteiger partial charge in [0.2, 0.25) is 5.91 Å². The fourth-order valence-electron chi connectivity index (χ4n) is 4.57. The summed E-state index contributed by atoms with van der Waals surface area (Å²) in [4.78, 5) is 23.3. The quantitative estimate of drug-likeness (QED) is 0.241. The van der Waals surface area contributed by atoms with Crippen molar-refractivity contribution in [3.63, 3.8) is 0 Å². The van der Waals surface area contributed by atoms with E-state index in [2.05, 4.69) is 5.32 Å². The molecule has 1 amide bonds. The smallest absolute Gasteiger partial charge is 0.327 e. The van der Waals surface area contributed by atoms with Crippen LogP contribution in [0, 0.1) is 0 Å². The van der Waals surface area contributed by atoms with Crippen LogP contribution in [0.3, 0.4) is 0 Å². The second kappa shape index (κ2) is 16.4. The number of hydrogen-bond acceptors (Lipinski definition) is 8. The van der Waals surface area contributed by atoms with Gasteiger partial charge in [-0.25, -0.2) is 4.79 Å². The minimum absolute atomic E-state index is 0.0187. The van der Waals surface area contributed by atoms with E-state index in [9.17, 15) is 19.8 Å². The summed E-state index contributed by atoms with van der Waals surface area (Å²) < 4.78 is 25.1. The molecule has 1 aliphatic heterocycles. The molecule has 3 aromatic rings. The molecule has 10 heteroatoms. The first-order chi connectivity index (χ1) is 20.4. The van der Waals surface area contributed by atoms with E-state index in [4.69, 9.17) is 18.9 Å². The van der Waals surface area contributed by atoms with Crippen molar-refractivity contribution in [2.24, 2.45) is 0 Å². The Bertz CT molecular complexity index is 1230. The van der Waals surface area contributed by atoms with E-state index in [1.807, 2.05) is 91.0 Å². The van der Waals surface area contributed by atoms with E-state index in [1.54, 1.807) is 0 Å². The maximum absolute atomic E-state index is 11.7. The van der Waals surface area contributed by atoms with Crippen LogP contribution in [0.1, 0.15) is 23.6 Å². The second-order valence-electron chi connectivity index (χ2n) is 9.98. The largest absolute Gasteiger partial charge is 0.480 e. The molecule has 42 heavy (non-hydrogen) atoms. The minimum atomic E-state index is -1.17. The van der Waals surface area contributed by atoms with Gasteiger partial charge in [-0.15, -0.1) is 11.8 Å². The third-order valence-corrected chi connectivity index (χ3v) is 7.93. The Morgan fingerprint density at radius 1 is 0.833 bits per heavy atom. The molecule has 1 saturated heterocycles. The molecule has 0 saturated carbocycles. The van der Waals surface area contributed by atoms with Gasteiger partial charge in [0.25, 0.3) is 0 Å². The van der Waals surface area contributed by atoms with Crippen molar-refractivity contribution in [2.75, 3.05) is 12.4 Å². The molecule has 0 aromatic heterocycles. The van der Waals surface area contributed by atoms with Crippen LogP contribution in [0.15, 0.2) is 91.0 Å². The number of carboxylic acids is 1. The van der Waals surface area contributed by atoms with Crippen molar-refractivity contribution in [1.82, 2.24) is 5.32 Å². The van der Waals surface area contributed by atoms with Crippen molar-refractivity contribution in [2.45, 2.75) is 62.6 Å².